The molecule has 1 aromatic rings. The maximum Gasteiger partial charge on any atom is 0.140 e. The van der Waals surface area contributed by atoms with Crippen LogP contribution in [-0.2, 0) is 4.74 Å². The molecule has 1 aliphatic carbocycles. The Morgan fingerprint density at radius 3 is 3.00 bits per heavy atom. The third-order valence-corrected chi connectivity index (χ3v) is 4.05. The summed E-state index contributed by atoms with van der Waals surface area (Å²) in [6.45, 7) is 4.16. The summed E-state index contributed by atoms with van der Waals surface area (Å²) in [6, 6.07) is 2.35. The van der Waals surface area contributed by atoms with Crippen LogP contribution in [0.3, 0.4) is 0 Å². The zero-order valence-electron chi connectivity index (χ0n) is 9.17. The highest BCUT2D eigenvalue weighted by Gasteiger charge is 2.51. The van der Waals surface area contributed by atoms with Gasteiger partial charge in [-0.15, -0.1) is 0 Å². The van der Waals surface area contributed by atoms with Gasteiger partial charge < -0.3 is 10.1 Å². The number of ether oxygens (including phenoxy) is 1. The van der Waals surface area contributed by atoms with Crippen LogP contribution in [0, 0.1) is 6.92 Å². The van der Waals surface area contributed by atoms with Crippen LogP contribution in [-0.4, -0.2) is 23.7 Å². The standard InChI is InChI=1S/C11H15BrN2O/c1-7-4-5-13-10(9(7)12)14-8-6-11(8,2)15-3/h4-5,8H,6H2,1-3H3,(H,13,14)/t8-,11+/m1/s1. The number of anilines is 1. The molecule has 2 rings (SSSR count). The summed E-state index contributed by atoms with van der Waals surface area (Å²) in [6.07, 6.45) is 2.85. The lowest BCUT2D eigenvalue weighted by Gasteiger charge is -2.12. The molecule has 1 N–H and O–H groups in total. The average molecular weight is 271 g/mol. The molecule has 0 unspecified atom stereocenters. The lowest BCUT2D eigenvalue weighted by molar-refractivity contribution is 0.0936. The number of nitrogens with zero attached hydrogens (tertiary/aromatic N) is 1. The van der Waals surface area contributed by atoms with E-state index in [0.29, 0.717) is 6.04 Å². The van der Waals surface area contributed by atoms with Crippen molar-refractivity contribution >= 4 is 21.7 Å². The second-order valence-electron chi connectivity index (χ2n) is 4.21. The first-order valence-corrected chi connectivity index (χ1v) is 5.79. The maximum atomic E-state index is 5.40. The van der Waals surface area contributed by atoms with Gasteiger partial charge in [0.05, 0.1) is 16.1 Å². The molecule has 2 atom stereocenters. The fourth-order valence-corrected chi connectivity index (χ4v) is 1.93. The van der Waals surface area contributed by atoms with E-state index < -0.39 is 0 Å². The monoisotopic (exact) mass is 270 g/mol. The molecule has 1 fully saturated rings. The quantitative estimate of drug-likeness (QED) is 0.917. The summed E-state index contributed by atoms with van der Waals surface area (Å²) in [7, 11) is 1.75. The van der Waals surface area contributed by atoms with Crippen molar-refractivity contribution in [3.8, 4) is 0 Å². The molecule has 3 nitrogen and oxygen atoms in total. The Morgan fingerprint density at radius 1 is 1.67 bits per heavy atom. The highest BCUT2D eigenvalue weighted by Crippen LogP contribution is 2.41. The van der Waals surface area contributed by atoms with Crippen LogP contribution in [0.1, 0.15) is 18.9 Å². The van der Waals surface area contributed by atoms with Crippen LogP contribution in [0.4, 0.5) is 5.82 Å². The highest BCUT2D eigenvalue weighted by atomic mass is 79.9. The molecule has 82 valence electrons. The molecule has 4 heteroatoms. The van der Waals surface area contributed by atoms with Gasteiger partial charge in [-0.2, -0.15) is 0 Å². The van der Waals surface area contributed by atoms with Crippen LogP contribution in [0.2, 0.25) is 0 Å². The largest absolute Gasteiger partial charge is 0.376 e. The Morgan fingerprint density at radius 2 is 2.40 bits per heavy atom. The molecular formula is C11H15BrN2O. The van der Waals surface area contributed by atoms with Gasteiger partial charge in [0.1, 0.15) is 5.82 Å². The molecule has 0 amide bonds. The minimum Gasteiger partial charge on any atom is -0.376 e. The number of rotatable bonds is 3. The fourth-order valence-electron chi connectivity index (χ4n) is 1.58. The normalized spacial score (nSPS) is 28.9. The van der Waals surface area contributed by atoms with Gasteiger partial charge in [0.25, 0.3) is 0 Å². The van der Waals surface area contributed by atoms with E-state index in [2.05, 4.69) is 40.1 Å². The van der Waals surface area contributed by atoms with Crippen molar-refractivity contribution in [2.24, 2.45) is 0 Å². The van der Waals surface area contributed by atoms with E-state index >= 15 is 0 Å². The SMILES string of the molecule is CO[C@@]1(C)C[C@H]1Nc1nccc(C)c1Br. The molecule has 1 aromatic heterocycles. The van der Waals surface area contributed by atoms with E-state index in [1.54, 1.807) is 7.11 Å². The van der Waals surface area contributed by atoms with Gasteiger partial charge in [0, 0.05) is 19.7 Å². The number of hydrogen-bond donors (Lipinski definition) is 1. The van der Waals surface area contributed by atoms with E-state index in [1.165, 1.54) is 5.56 Å². The van der Waals surface area contributed by atoms with Crippen molar-refractivity contribution in [3.05, 3.63) is 22.3 Å². The number of methoxy groups -OCH3 is 1. The molecule has 0 spiro atoms. The van der Waals surface area contributed by atoms with Crippen LogP contribution in [0.25, 0.3) is 0 Å². The third kappa shape index (κ3) is 2.01. The molecular weight excluding hydrogens is 256 g/mol. The van der Waals surface area contributed by atoms with Gasteiger partial charge in [0.15, 0.2) is 0 Å². The second-order valence-corrected chi connectivity index (χ2v) is 5.00. The summed E-state index contributed by atoms with van der Waals surface area (Å²) in [5.41, 5.74) is 1.16. The minimum atomic E-state index is -0.0230. The first kappa shape index (κ1) is 10.9. The Labute approximate surface area is 98.4 Å². The molecule has 15 heavy (non-hydrogen) atoms. The zero-order chi connectivity index (χ0) is 11.1. The number of hydrogen-bond acceptors (Lipinski definition) is 3. The first-order chi connectivity index (χ1) is 7.07. The molecule has 0 saturated heterocycles. The summed E-state index contributed by atoms with van der Waals surface area (Å²) in [4.78, 5) is 4.31. The third-order valence-electron chi connectivity index (χ3n) is 3.05. The minimum absolute atomic E-state index is 0.0230. The van der Waals surface area contributed by atoms with Gasteiger partial charge in [-0.25, -0.2) is 4.98 Å². The molecule has 1 aliphatic rings. The number of aromatic nitrogens is 1. The lowest BCUT2D eigenvalue weighted by Crippen LogP contribution is -2.19. The van der Waals surface area contributed by atoms with Crippen molar-refractivity contribution in [3.63, 3.8) is 0 Å². The number of aryl methyl sites for hydroxylation is 1. The Hall–Kier alpha value is -0.610. The first-order valence-electron chi connectivity index (χ1n) is 4.99. The van der Waals surface area contributed by atoms with E-state index in [0.717, 1.165) is 16.7 Å². The zero-order valence-corrected chi connectivity index (χ0v) is 10.8. The predicted molar refractivity (Wildman–Crippen MR) is 64.1 cm³/mol. The predicted octanol–water partition coefficient (Wildman–Crippen LogP) is 2.74. The van der Waals surface area contributed by atoms with Crippen LogP contribution in [0.15, 0.2) is 16.7 Å². The Kier molecular flexibility index (Phi) is 2.73. The average Bonchev–Trinajstić information content (AvgIpc) is 2.86. The highest BCUT2D eigenvalue weighted by molar-refractivity contribution is 9.10. The van der Waals surface area contributed by atoms with Gasteiger partial charge in [-0.1, -0.05) is 0 Å². The van der Waals surface area contributed by atoms with E-state index in [1.807, 2.05) is 12.3 Å². The molecule has 0 aromatic carbocycles. The van der Waals surface area contributed by atoms with Crippen molar-refractivity contribution in [2.75, 3.05) is 12.4 Å². The molecule has 0 aliphatic heterocycles. The summed E-state index contributed by atoms with van der Waals surface area (Å²) >= 11 is 3.53. The summed E-state index contributed by atoms with van der Waals surface area (Å²) in [5.74, 6) is 0.903. The molecule has 0 radical (unpaired) electrons. The maximum absolute atomic E-state index is 5.40. The van der Waals surface area contributed by atoms with Crippen LogP contribution in [0.5, 0.6) is 0 Å². The molecule has 1 saturated carbocycles. The van der Waals surface area contributed by atoms with Gasteiger partial charge in [0.2, 0.25) is 0 Å². The number of nitrogens with one attached hydrogen (secondary N) is 1. The van der Waals surface area contributed by atoms with Crippen molar-refractivity contribution < 1.29 is 4.74 Å². The summed E-state index contributed by atoms with van der Waals surface area (Å²) in [5, 5.41) is 3.38. The Bertz CT molecular complexity index is 383. The van der Waals surface area contributed by atoms with Gasteiger partial charge in [-0.3, -0.25) is 0 Å². The van der Waals surface area contributed by atoms with E-state index in [4.69, 9.17) is 4.74 Å². The lowest BCUT2D eigenvalue weighted by atomic mass is 10.3. The summed E-state index contributed by atoms with van der Waals surface area (Å²) < 4.78 is 6.44. The number of pyridine rings is 1. The molecule has 1 heterocycles. The van der Waals surface area contributed by atoms with Gasteiger partial charge in [-0.05, 0) is 41.4 Å². The smallest absolute Gasteiger partial charge is 0.140 e. The van der Waals surface area contributed by atoms with Crippen LogP contribution < -0.4 is 5.32 Å². The van der Waals surface area contributed by atoms with Crippen molar-refractivity contribution in [2.45, 2.75) is 31.9 Å². The van der Waals surface area contributed by atoms with Gasteiger partial charge >= 0.3 is 0 Å². The Balaban J connectivity index is 2.10. The fraction of sp³-hybridized carbons (Fsp3) is 0.545. The topological polar surface area (TPSA) is 34.1 Å². The van der Waals surface area contributed by atoms with Crippen LogP contribution >= 0.6 is 15.9 Å². The van der Waals surface area contributed by atoms with E-state index in [9.17, 15) is 0 Å². The number of halogens is 1. The second kappa shape index (κ2) is 3.76. The molecule has 0 bridgehead atoms. The van der Waals surface area contributed by atoms with E-state index in [-0.39, 0.29) is 5.60 Å². The van der Waals surface area contributed by atoms with Crippen molar-refractivity contribution in [1.29, 1.82) is 0 Å². The van der Waals surface area contributed by atoms with Crippen molar-refractivity contribution in [1.82, 2.24) is 4.98 Å².